The Hall–Kier alpha value is -3.28. The third-order valence-corrected chi connectivity index (χ3v) is 5.02. The number of amides is 1. The molecule has 1 aliphatic rings. The molecule has 1 N–H and O–H groups in total. The van der Waals surface area contributed by atoms with Crippen molar-refractivity contribution in [2.75, 3.05) is 5.32 Å². The molecule has 0 atom stereocenters. The molecule has 1 amide bonds. The lowest BCUT2D eigenvalue weighted by atomic mass is 9.95. The smallest absolute Gasteiger partial charge is 0.276 e. The zero-order valence-electron chi connectivity index (χ0n) is 15.5. The molecule has 1 aliphatic carbocycles. The van der Waals surface area contributed by atoms with E-state index in [9.17, 15) is 14.0 Å². The van der Waals surface area contributed by atoms with Crippen molar-refractivity contribution >= 4 is 17.4 Å². The number of Topliss-reactive ketones (excluding diaryl/α,β-unsaturated/α-hetero) is 1. The maximum Gasteiger partial charge on any atom is 0.276 e. The van der Waals surface area contributed by atoms with Gasteiger partial charge in [0, 0.05) is 22.5 Å². The summed E-state index contributed by atoms with van der Waals surface area (Å²) in [4.78, 5) is 24.3. The number of hydrogen-bond donors (Lipinski definition) is 1. The summed E-state index contributed by atoms with van der Waals surface area (Å²) in [7, 11) is 0. The molecule has 28 heavy (non-hydrogen) atoms. The van der Waals surface area contributed by atoms with E-state index in [0.29, 0.717) is 16.9 Å². The molecule has 2 aromatic carbocycles. The van der Waals surface area contributed by atoms with Crippen LogP contribution in [0.3, 0.4) is 0 Å². The van der Waals surface area contributed by atoms with Crippen LogP contribution in [0, 0.1) is 5.82 Å². The Labute approximate surface area is 162 Å². The zero-order valence-corrected chi connectivity index (χ0v) is 15.5. The first kappa shape index (κ1) is 18.1. The number of aromatic nitrogens is 2. The molecule has 0 bridgehead atoms. The largest absolute Gasteiger partial charge is 0.321 e. The van der Waals surface area contributed by atoms with E-state index in [1.54, 1.807) is 41.1 Å². The topological polar surface area (TPSA) is 64.0 Å². The number of benzene rings is 2. The quantitative estimate of drug-likeness (QED) is 0.688. The van der Waals surface area contributed by atoms with Gasteiger partial charge in [0.15, 0.2) is 11.5 Å². The fraction of sp³-hybridized carbons (Fsp3) is 0.227. The Bertz CT molecular complexity index is 1040. The van der Waals surface area contributed by atoms with Crippen molar-refractivity contribution in [2.24, 2.45) is 0 Å². The molecule has 1 aromatic heterocycles. The first-order valence-electron chi connectivity index (χ1n) is 9.32. The summed E-state index contributed by atoms with van der Waals surface area (Å²) in [6.45, 7) is 1.50. The van der Waals surface area contributed by atoms with Gasteiger partial charge in [-0.05, 0) is 81.1 Å². The van der Waals surface area contributed by atoms with Gasteiger partial charge in [-0.15, -0.1) is 0 Å². The second kappa shape index (κ2) is 7.38. The first-order valence-corrected chi connectivity index (χ1v) is 9.32. The Morgan fingerprint density at radius 1 is 1.00 bits per heavy atom. The maximum absolute atomic E-state index is 13.3. The van der Waals surface area contributed by atoms with Crippen LogP contribution in [0.4, 0.5) is 10.1 Å². The van der Waals surface area contributed by atoms with E-state index in [1.807, 2.05) is 0 Å². The van der Waals surface area contributed by atoms with Crippen molar-refractivity contribution in [3.05, 3.63) is 76.9 Å². The summed E-state index contributed by atoms with van der Waals surface area (Å²) in [6.07, 6.45) is 3.67. The third-order valence-electron chi connectivity index (χ3n) is 5.02. The molecule has 4 rings (SSSR count). The van der Waals surface area contributed by atoms with Gasteiger partial charge in [-0.2, -0.15) is 5.10 Å². The fourth-order valence-electron chi connectivity index (χ4n) is 3.56. The molecule has 1 heterocycles. The van der Waals surface area contributed by atoms with Gasteiger partial charge in [0.25, 0.3) is 5.91 Å². The molecule has 142 valence electrons. The highest BCUT2D eigenvalue weighted by atomic mass is 19.1. The number of nitrogens with one attached hydrogen (secondary N) is 1. The molecule has 0 spiro atoms. The van der Waals surface area contributed by atoms with Gasteiger partial charge < -0.3 is 5.32 Å². The summed E-state index contributed by atoms with van der Waals surface area (Å²) in [5.74, 6) is -0.615. The highest BCUT2D eigenvalue weighted by Crippen LogP contribution is 2.27. The summed E-state index contributed by atoms with van der Waals surface area (Å²) >= 11 is 0. The van der Waals surface area contributed by atoms with E-state index in [0.717, 1.165) is 42.6 Å². The van der Waals surface area contributed by atoms with Crippen LogP contribution in [-0.4, -0.2) is 21.5 Å². The average Bonchev–Trinajstić information content (AvgIpc) is 3.09. The van der Waals surface area contributed by atoms with Crippen molar-refractivity contribution < 1.29 is 14.0 Å². The highest BCUT2D eigenvalue weighted by Gasteiger charge is 2.25. The molecule has 0 fully saturated rings. The Balaban J connectivity index is 1.66. The Morgan fingerprint density at radius 3 is 2.36 bits per heavy atom. The summed E-state index contributed by atoms with van der Waals surface area (Å²) in [5.41, 5.74) is 4.30. The van der Waals surface area contributed by atoms with Crippen molar-refractivity contribution in [3.63, 3.8) is 0 Å². The summed E-state index contributed by atoms with van der Waals surface area (Å²) in [5, 5.41) is 7.42. The average molecular weight is 377 g/mol. The fourth-order valence-corrected chi connectivity index (χ4v) is 3.56. The molecule has 5 nitrogen and oxygen atoms in total. The summed E-state index contributed by atoms with van der Waals surface area (Å²) < 4.78 is 15.0. The minimum Gasteiger partial charge on any atom is -0.321 e. The van der Waals surface area contributed by atoms with E-state index < -0.39 is 0 Å². The molecule has 0 radical (unpaired) electrons. The van der Waals surface area contributed by atoms with Crippen LogP contribution >= 0.6 is 0 Å². The van der Waals surface area contributed by atoms with Gasteiger partial charge in [0.1, 0.15) is 5.82 Å². The van der Waals surface area contributed by atoms with Crippen LogP contribution in [0.25, 0.3) is 5.69 Å². The molecular formula is C22H20FN3O2. The minimum atomic E-state index is -0.309. The number of carbonyl (C=O) groups excluding carboxylic acids is 2. The van der Waals surface area contributed by atoms with E-state index in [4.69, 9.17) is 0 Å². The van der Waals surface area contributed by atoms with Gasteiger partial charge in [0.2, 0.25) is 0 Å². The molecule has 0 saturated heterocycles. The van der Waals surface area contributed by atoms with Crippen LogP contribution in [-0.2, 0) is 12.8 Å². The third kappa shape index (κ3) is 3.45. The highest BCUT2D eigenvalue weighted by molar-refractivity contribution is 6.04. The van der Waals surface area contributed by atoms with E-state index >= 15 is 0 Å². The monoisotopic (exact) mass is 377 g/mol. The van der Waals surface area contributed by atoms with Gasteiger partial charge in [-0.25, -0.2) is 9.07 Å². The maximum atomic E-state index is 13.3. The Morgan fingerprint density at radius 2 is 1.68 bits per heavy atom. The number of halogens is 1. The van der Waals surface area contributed by atoms with Crippen LogP contribution in [0.1, 0.15) is 51.9 Å². The number of fused-ring (bicyclic) bond motifs is 1. The first-order chi connectivity index (χ1) is 13.5. The normalized spacial score (nSPS) is 13.1. The van der Waals surface area contributed by atoms with Crippen LogP contribution < -0.4 is 5.32 Å². The van der Waals surface area contributed by atoms with Crippen LogP contribution in [0.15, 0.2) is 48.5 Å². The molecule has 0 saturated carbocycles. The van der Waals surface area contributed by atoms with Crippen molar-refractivity contribution in [1.82, 2.24) is 9.78 Å². The SMILES string of the molecule is CC(=O)c1ccc(NC(=O)c2nn(-c3ccc(F)cc3)c3c2CCCC3)cc1. The Kier molecular flexibility index (Phi) is 4.77. The second-order valence-corrected chi connectivity index (χ2v) is 6.96. The van der Waals surface area contributed by atoms with Crippen LogP contribution in [0.5, 0.6) is 0 Å². The lowest BCUT2D eigenvalue weighted by Gasteiger charge is -2.14. The number of nitrogens with zero attached hydrogens (tertiary/aromatic N) is 2. The van der Waals surface area contributed by atoms with Gasteiger partial charge in [-0.3, -0.25) is 9.59 Å². The molecule has 3 aromatic rings. The number of carbonyl (C=O) groups is 2. The lowest BCUT2D eigenvalue weighted by molar-refractivity contribution is 0.101. The van der Waals surface area contributed by atoms with Crippen molar-refractivity contribution in [1.29, 1.82) is 0 Å². The van der Waals surface area contributed by atoms with E-state index in [2.05, 4.69) is 10.4 Å². The van der Waals surface area contributed by atoms with Gasteiger partial charge in [0.05, 0.1) is 5.69 Å². The van der Waals surface area contributed by atoms with E-state index in [-0.39, 0.29) is 17.5 Å². The predicted octanol–water partition coefficient (Wildman–Crippen LogP) is 4.35. The number of ketones is 1. The van der Waals surface area contributed by atoms with Gasteiger partial charge in [-0.1, -0.05) is 0 Å². The number of hydrogen-bond acceptors (Lipinski definition) is 3. The molecule has 6 heteroatoms. The van der Waals surface area contributed by atoms with Crippen LogP contribution in [0.2, 0.25) is 0 Å². The van der Waals surface area contributed by atoms with Crippen molar-refractivity contribution in [3.8, 4) is 5.69 Å². The summed E-state index contributed by atoms with van der Waals surface area (Å²) in [6, 6.07) is 12.9. The lowest BCUT2D eigenvalue weighted by Crippen LogP contribution is -2.15. The second-order valence-electron chi connectivity index (χ2n) is 6.96. The molecule has 0 unspecified atom stereocenters. The van der Waals surface area contributed by atoms with E-state index in [1.165, 1.54) is 19.1 Å². The molecule has 0 aliphatic heterocycles. The van der Waals surface area contributed by atoms with Gasteiger partial charge >= 0.3 is 0 Å². The number of anilines is 1. The molecular weight excluding hydrogens is 357 g/mol. The zero-order chi connectivity index (χ0) is 19.7. The number of rotatable bonds is 4. The standard InChI is InChI=1S/C22H20FN3O2/c1-14(27)15-6-10-17(11-7-15)24-22(28)21-19-4-2-3-5-20(19)26(25-21)18-12-8-16(23)9-13-18/h6-13H,2-5H2,1H3,(H,24,28). The minimum absolute atomic E-state index is 0.0232. The van der Waals surface area contributed by atoms with Crippen molar-refractivity contribution in [2.45, 2.75) is 32.6 Å². The predicted molar refractivity (Wildman–Crippen MR) is 105 cm³/mol.